The standard InChI is InChI=1S/C22H23NO2/c1-24-21-13-11-18(12-14-21)15-23-16-20-9-5-6-10-22(20)25-17-19-7-3-2-4-8-19/h2-14,23H,15-17H2,1H3. The maximum Gasteiger partial charge on any atom is 0.124 e. The number of para-hydroxylation sites is 1. The highest BCUT2D eigenvalue weighted by Gasteiger charge is 2.03. The topological polar surface area (TPSA) is 30.5 Å². The number of benzene rings is 3. The Morgan fingerprint density at radius 3 is 2.20 bits per heavy atom. The van der Waals surface area contributed by atoms with Gasteiger partial charge >= 0.3 is 0 Å². The van der Waals surface area contributed by atoms with Crippen LogP contribution in [0.15, 0.2) is 78.9 Å². The summed E-state index contributed by atoms with van der Waals surface area (Å²) >= 11 is 0. The van der Waals surface area contributed by atoms with Gasteiger partial charge in [0.1, 0.15) is 18.1 Å². The van der Waals surface area contributed by atoms with Crippen molar-refractivity contribution in [2.45, 2.75) is 19.7 Å². The van der Waals surface area contributed by atoms with Gasteiger partial charge in [-0.1, -0.05) is 60.7 Å². The van der Waals surface area contributed by atoms with Gasteiger partial charge in [0.05, 0.1) is 7.11 Å². The van der Waals surface area contributed by atoms with E-state index < -0.39 is 0 Å². The largest absolute Gasteiger partial charge is 0.497 e. The molecule has 0 aromatic heterocycles. The molecular weight excluding hydrogens is 310 g/mol. The Balaban J connectivity index is 1.55. The van der Waals surface area contributed by atoms with Crippen LogP contribution in [0.3, 0.4) is 0 Å². The molecule has 0 fully saturated rings. The molecule has 0 saturated heterocycles. The maximum atomic E-state index is 6.00. The first-order valence-corrected chi connectivity index (χ1v) is 8.43. The van der Waals surface area contributed by atoms with Gasteiger partial charge in [-0.3, -0.25) is 0 Å². The molecule has 0 unspecified atom stereocenters. The molecule has 0 aliphatic carbocycles. The summed E-state index contributed by atoms with van der Waals surface area (Å²) in [5, 5.41) is 3.47. The number of methoxy groups -OCH3 is 1. The second kappa shape index (κ2) is 8.90. The predicted molar refractivity (Wildman–Crippen MR) is 101 cm³/mol. The Morgan fingerprint density at radius 1 is 0.720 bits per heavy atom. The Hall–Kier alpha value is -2.78. The highest BCUT2D eigenvalue weighted by molar-refractivity contribution is 5.34. The van der Waals surface area contributed by atoms with Crippen molar-refractivity contribution in [2.75, 3.05) is 7.11 Å². The second-order valence-electron chi connectivity index (χ2n) is 5.83. The molecule has 3 rings (SSSR count). The van der Waals surface area contributed by atoms with Crippen molar-refractivity contribution >= 4 is 0 Å². The minimum absolute atomic E-state index is 0.580. The van der Waals surface area contributed by atoms with E-state index in [9.17, 15) is 0 Å². The SMILES string of the molecule is COc1ccc(CNCc2ccccc2OCc2ccccc2)cc1. The molecule has 3 nitrogen and oxygen atoms in total. The molecule has 3 heteroatoms. The van der Waals surface area contributed by atoms with E-state index in [-0.39, 0.29) is 0 Å². The first-order valence-electron chi connectivity index (χ1n) is 8.43. The lowest BCUT2D eigenvalue weighted by Gasteiger charge is -2.12. The summed E-state index contributed by atoms with van der Waals surface area (Å²) < 4.78 is 11.2. The lowest BCUT2D eigenvalue weighted by atomic mass is 10.1. The van der Waals surface area contributed by atoms with Gasteiger partial charge in [-0.2, -0.15) is 0 Å². The van der Waals surface area contributed by atoms with Gasteiger partial charge in [0.15, 0.2) is 0 Å². The number of nitrogens with one attached hydrogen (secondary N) is 1. The molecule has 0 amide bonds. The van der Waals surface area contributed by atoms with Gasteiger partial charge in [0, 0.05) is 18.7 Å². The van der Waals surface area contributed by atoms with Crippen LogP contribution in [0.2, 0.25) is 0 Å². The molecule has 0 saturated carbocycles. The monoisotopic (exact) mass is 333 g/mol. The fraction of sp³-hybridized carbons (Fsp3) is 0.182. The average molecular weight is 333 g/mol. The number of hydrogen-bond donors (Lipinski definition) is 1. The predicted octanol–water partition coefficient (Wildman–Crippen LogP) is 4.56. The summed E-state index contributed by atoms with van der Waals surface area (Å²) in [6.45, 7) is 2.14. The quantitative estimate of drug-likeness (QED) is 0.655. The zero-order chi connectivity index (χ0) is 17.3. The highest BCUT2D eigenvalue weighted by atomic mass is 16.5. The maximum absolute atomic E-state index is 6.00. The van der Waals surface area contributed by atoms with Crippen molar-refractivity contribution in [1.82, 2.24) is 5.32 Å². The Kier molecular flexibility index (Phi) is 6.07. The molecule has 1 N–H and O–H groups in total. The van der Waals surface area contributed by atoms with E-state index in [2.05, 4.69) is 35.6 Å². The molecule has 3 aromatic carbocycles. The van der Waals surface area contributed by atoms with E-state index in [1.165, 1.54) is 11.1 Å². The molecule has 25 heavy (non-hydrogen) atoms. The number of rotatable bonds is 8. The minimum atomic E-state index is 0.580. The summed E-state index contributed by atoms with van der Waals surface area (Å²) in [4.78, 5) is 0. The Bertz CT molecular complexity index is 770. The van der Waals surface area contributed by atoms with Crippen molar-refractivity contribution < 1.29 is 9.47 Å². The van der Waals surface area contributed by atoms with Crippen molar-refractivity contribution in [3.63, 3.8) is 0 Å². The minimum Gasteiger partial charge on any atom is -0.497 e. The van der Waals surface area contributed by atoms with Crippen LogP contribution in [0.4, 0.5) is 0 Å². The van der Waals surface area contributed by atoms with E-state index in [4.69, 9.17) is 9.47 Å². The first-order chi connectivity index (χ1) is 12.3. The van der Waals surface area contributed by atoms with Gasteiger partial charge in [-0.05, 0) is 29.3 Å². The summed E-state index contributed by atoms with van der Waals surface area (Å²) in [5.41, 5.74) is 3.55. The van der Waals surface area contributed by atoms with Crippen molar-refractivity contribution in [1.29, 1.82) is 0 Å². The lowest BCUT2D eigenvalue weighted by Crippen LogP contribution is -2.13. The van der Waals surface area contributed by atoms with Crippen LogP contribution in [0, 0.1) is 0 Å². The smallest absolute Gasteiger partial charge is 0.124 e. The molecule has 0 atom stereocenters. The van der Waals surface area contributed by atoms with Crippen LogP contribution < -0.4 is 14.8 Å². The third kappa shape index (κ3) is 5.10. The van der Waals surface area contributed by atoms with Gasteiger partial charge in [0.2, 0.25) is 0 Å². The molecule has 0 heterocycles. The van der Waals surface area contributed by atoms with Crippen LogP contribution in [0.5, 0.6) is 11.5 Å². The molecule has 3 aromatic rings. The molecular formula is C22H23NO2. The molecule has 0 aliphatic heterocycles. The van der Waals surface area contributed by atoms with Gasteiger partial charge in [-0.25, -0.2) is 0 Å². The van der Waals surface area contributed by atoms with Crippen LogP contribution >= 0.6 is 0 Å². The van der Waals surface area contributed by atoms with Gasteiger partial charge in [-0.15, -0.1) is 0 Å². The van der Waals surface area contributed by atoms with E-state index in [0.717, 1.165) is 30.2 Å². The zero-order valence-electron chi connectivity index (χ0n) is 14.4. The van der Waals surface area contributed by atoms with Crippen LogP contribution in [-0.2, 0) is 19.7 Å². The van der Waals surface area contributed by atoms with Crippen molar-refractivity contribution in [2.24, 2.45) is 0 Å². The summed E-state index contributed by atoms with van der Waals surface area (Å²) in [5.74, 6) is 1.80. The molecule has 0 radical (unpaired) electrons. The van der Waals surface area contributed by atoms with E-state index >= 15 is 0 Å². The average Bonchev–Trinajstić information content (AvgIpc) is 2.68. The normalized spacial score (nSPS) is 10.4. The lowest BCUT2D eigenvalue weighted by molar-refractivity contribution is 0.302. The van der Waals surface area contributed by atoms with Gasteiger partial charge < -0.3 is 14.8 Å². The summed E-state index contributed by atoms with van der Waals surface area (Å²) in [7, 11) is 1.68. The summed E-state index contributed by atoms with van der Waals surface area (Å²) in [6, 6.07) is 26.5. The first kappa shape index (κ1) is 17.1. The third-order valence-corrected chi connectivity index (χ3v) is 4.01. The van der Waals surface area contributed by atoms with Crippen molar-refractivity contribution in [3.05, 3.63) is 95.6 Å². The van der Waals surface area contributed by atoms with Crippen LogP contribution in [-0.4, -0.2) is 7.11 Å². The van der Waals surface area contributed by atoms with Crippen molar-refractivity contribution in [3.8, 4) is 11.5 Å². The van der Waals surface area contributed by atoms with E-state index in [0.29, 0.717) is 6.61 Å². The molecule has 0 spiro atoms. The van der Waals surface area contributed by atoms with E-state index in [1.54, 1.807) is 7.11 Å². The Labute approximate surface area is 149 Å². The number of hydrogen-bond acceptors (Lipinski definition) is 3. The van der Waals surface area contributed by atoms with Crippen LogP contribution in [0.25, 0.3) is 0 Å². The molecule has 0 bridgehead atoms. The fourth-order valence-electron chi connectivity index (χ4n) is 2.61. The molecule has 0 aliphatic rings. The van der Waals surface area contributed by atoms with Gasteiger partial charge in [0.25, 0.3) is 0 Å². The highest BCUT2D eigenvalue weighted by Crippen LogP contribution is 2.19. The zero-order valence-corrected chi connectivity index (χ0v) is 14.4. The van der Waals surface area contributed by atoms with E-state index in [1.807, 2.05) is 48.5 Å². The van der Waals surface area contributed by atoms with Crippen LogP contribution in [0.1, 0.15) is 16.7 Å². The third-order valence-electron chi connectivity index (χ3n) is 4.01. The summed E-state index contributed by atoms with van der Waals surface area (Å²) in [6.07, 6.45) is 0. The fourth-order valence-corrected chi connectivity index (χ4v) is 2.61. The molecule has 128 valence electrons. The second-order valence-corrected chi connectivity index (χ2v) is 5.83. The number of ether oxygens (including phenoxy) is 2. The Morgan fingerprint density at radius 2 is 1.44 bits per heavy atom.